The van der Waals surface area contributed by atoms with Crippen LogP contribution in [0.4, 0.5) is 15.8 Å². The number of hydrogen-bond donors (Lipinski definition) is 0. The van der Waals surface area contributed by atoms with Crippen molar-refractivity contribution in [2.75, 3.05) is 4.90 Å². The highest BCUT2D eigenvalue weighted by Crippen LogP contribution is 2.35. The Morgan fingerprint density at radius 1 is 1.12 bits per heavy atom. The van der Waals surface area contributed by atoms with Crippen molar-refractivity contribution in [1.29, 1.82) is 0 Å². The third kappa shape index (κ3) is 2.32. The zero-order chi connectivity index (χ0) is 18.4. The maximum absolute atomic E-state index is 13.5. The van der Waals surface area contributed by atoms with E-state index >= 15 is 0 Å². The van der Waals surface area contributed by atoms with Crippen LogP contribution in [0.2, 0.25) is 0 Å². The molecule has 0 bridgehead atoms. The van der Waals surface area contributed by atoms with Crippen LogP contribution in [0.15, 0.2) is 53.7 Å². The number of carbonyl (C=O) groups is 2. The Labute approximate surface area is 145 Å². The van der Waals surface area contributed by atoms with Gasteiger partial charge in [-0.15, -0.1) is 0 Å². The molecule has 2 heterocycles. The van der Waals surface area contributed by atoms with E-state index in [1.807, 2.05) is 0 Å². The number of amides is 2. The van der Waals surface area contributed by atoms with Gasteiger partial charge in [0.1, 0.15) is 17.4 Å². The summed E-state index contributed by atoms with van der Waals surface area (Å²) in [5.74, 6) is -2.77. The van der Waals surface area contributed by atoms with Gasteiger partial charge in [0.05, 0.1) is 10.6 Å². The molecule has 1 fully saturated rings. The van der Waals surface area contributed by atoms with E-state index < -0.39 is 34.6 Å². The Morgan fingerprint density at radius 2 is 1.85 bits per heavy atom. The fraction of sp³-hybridized carbons (Fsp3) is 0.118. The van der Waals surface area contributed by atoms with Gasteiger partial charge in [-0.2, -0.15) is 0 Å². The molecule has 130 valence electrons. The molecule has 4 rings (SSSR count). The average Bonchev–Trinajstić information content (AvgIpc) is 3.16. The summed E-state index contributed by atoms with van der Waals surface area (Å²) in [5, 5.41) is 14.6. The van der Waals surface area contributed by atoms with Gasteiger partial charge in [-0.25, -0.2) is 9.29 Å². The highest BCUT2D eigenvalue weighted by molar-refractivity contribution is 6.32. The van der Waals surface area contributed by atoms with Crippen molar-refractivity contribution in [3.8, 4) is 0 Å². The highest BCUT2D eigenvalue weighted by atomic mass is 19.1. The first kappa shape index (κ1) is 15.9. The number of non-ortho nitro benzene ring substituents is 1. The predicted molar refractivity (Wildman–Crippen MR) is 86.9 cm³/mol. The summed E-state index contributed by atoms with van der Waals surface area (Å²) in [6.07, 6.45) is -1.13. The van der Waals surface area contributed by atoms with E-state index in [1.165, 1.54) is 42.5 Å². The van der Waals surface area contributed by atoms with Crippen LogP contribution in [-0.4, -0.2) is 28.6 Å². The smallest absolute Gasteiger partial charge is 0.278 e. The number of nitro benzene ring substituents is 1. The summed E-state index contributed by atoms with van der Waals surface area (Å²) >= 11 is 0. The maximum Gasteiger partial charge on any atom is 0.278 e. The third-order valence-corrected chi connectivity index (χ3v) is 4.25. The molecule has 2 amide bonds. The molecule has 2 aliphatic rings. The number of nitro groups is 1. The van der Waals surface area contributed by atoms with Gasteiger partial charge in [0.2, 0.25) is 12.0 Å². The third-order valence-electron chi connectivity index (χ3n) is 4.25. The molecular formula is C17H10FN3O5. The Kier molecular flexibility index (Phi) is 3.50. The fourth-order valence-corrected chi connectivity index (χ4v) is 3.04. The number of oxime groups is 1. The number of halogens is 1. The molecule has 8 nitrogen and oxygen atoms in total. The van der Waals surface area contributed by atoms with Crippen LogP contribution in [0.5, 0.6) is 0 Å². The monoisotopic (exact) mass is 355 g/mol. The minimum absolute atomic E-state index is 0.111. The molecule has 0 unspecified atom stereocenters. The standard InChI is InChI=1S/C17H10FN3O5/c18-10-2-1-3-12(8-10)20-16(22)13-14(19-26-15(13)17(20)23)9-4-6-11(7-5-9)21(24)25/h1-8,13,15H/t13-,15+/m1/s1. The van der Waals surface area contributed by atoms with Gasteiger partial charge in [0.15, 0.2) is 0 Å². The van der Waals surface area contributed by atoms with E-state index in [9.17, 15) is 24.1 Å². The Morgan fingerprint density at radius 3 is 2.50 bits per heavy atom. The molecule has 0 spiro atoms. The van der Waals surface area contributed by atoms with Crippen LogP contribution in [0.3, 0.4) is 0 Å². The summed E-state index contributed by atoms with van der Waals surface area (Å²) < 4.78 is 13.5. The zero-order valence-electron chi connectivity index (χ0n) is 13.0. The van der Waals surface area contributed by atoms with E-state index in [4.69, 9.17) is 4.84 Å². The molecular weight excluding hydrogens is 345 g/mol. The Balaban J connectivity index is 1.67. The molecule has 0 N–H and O–H groups in total. The van der Waals surface area contributed by atoms with Crippen LogP contribution in [-0.2, 0) is 14.4 Å². The van der Waals surface area contributed by atoms with E-state index in [1.54, 1.807) is 0 Å². The van der Waals surface area contributed by atoms with Crippen molar-refractivity contribution in [2.45, 2.75) is 6.10 Å². The van der Waals surface area contributed by atoms with Crippen molar-refractivity contribution in [3.63, 3.8) is 0 Å². The quantitative estimate of drug-likeness (QED) is 0.476. The summed E-state index contributed by atoms with van der Waals surface area (Å²) in [6.45, 7) is 0. The number of anilines is 1. The first-order valence-corrected chi connectivity index (χ1v) is 7.59. The lowest BCUT2D eigenvalue weighted by atomic mass is 9.94. The van der Waals surface area contributed by atoms with Crippen molar-refractivity contribution < 1.29 is 23.7 Å². The summed E-state index contributed by atoms with van der Waals surface area (Å²) in [5.41, 5.74) is 0.647. The second-order valence-electron chi connectivity index (χ2n) is 5.78. The minimum Gasteiger partial charge on any atom is -0.381 e. The molecule has 0 radical (unpaired) electrons. The fourth-order valence-electron chi connectivity index (χ4n) is 3.04. The lowest BCUT2D eigenvalue weighted by Crippen LogP contribution is -2.33. The molecule has 9 heteroatoms. The van der Waals surface area contributed by atoms with E-state index in [2.05, 4.69) is 5.16 Å². The van der Waals surface area contributed by atoms with Crippen molar-refractivity contribution in [1.82, 2.24) is 0 Å². The van der Waals surface area contributed by atoms with Crippen molar-refractivity contribution in [2.24, 2.45) is 11.1 Å². The summed E-state index contributed by atoms with van der Waals surface area (Å²) in [4.78, 5) is 41.5. The van der Waals surface area contributed by atoms with Crippen molar-refractivity contribution >= 4 is 28.9 Å². The van der Waals surface area contributed by atoms with Gasteiger partial charge in [0.25, 0.3) is 11.6 Å². The number of benzene rings is 2. The van der Waals surface area contributed by atoms with E-state index in [-0.39, 0.29) is 17.1 Å². The number of imide groups is 1. The number of rotatable bonds is 3. The van der Waals surface area contributed by atoms with Crippen LogP contribution in [0, 0.1) is 21.8 Å². The first-order chi connectivity index (χ1) is 12.5. The molecule has 2 aromatic rings. The molecule has 0 aromatic heterocycles. The number of fused-ring (bicyclic) bond motifs is 1. The normalized spacial score (nSPS) is 21.4. The van der Waals surface area contributed by atoms with E-state index in [0.717, 1.165) is 11.0 Å². The number of nitrogens with zero attached hydrogens (tertiary/aromatic N) is 3. The largest absolute Gasteiger partial charge is 0.381 e. The predicted octanol–water partition coefficient (Wildman–Crippen LogP) is 2.03. The van der Waals surface area contributed by atoms with E-state index in [0.29, 0.717) is 5.56 Å². The zero-order valence-corrected chi connectivity index (χ0v) is 13.0. The average molecular weight is 355 g/mol. The molecule has 26 heavy (non-hydrogen) atoms. The van der Waals surface area contributed by atoms with Gasteiger partial charge in [-0.05, 0) is 30.3 Å². The second kappa shape index (κ2) is 5.73. The molecule has 0 saturated carbocycles. The first-order valence-electron chi connectivity index (χ1n) is 7.59. The molecule has 0 aliphatic carbocycles. The van der Waals surface area contributed by atoms with Crippen molar-refractivity contribution in [3.05, 3.63) is 70.0 Å². The number of carbonyl (C=O) groups excluding carboxylic acids is 2. The highest BCUT2D eigenvalue weighted by Gasteiger charge is 2.56. The van der Waals surface area contributed by atoms with Gasteiger partial charge in [0, 0.05) is 17.7 Å². The molecule has 2 atom stereocenters. The SMILES string of the molecule is O=C1[C@@H]2C(c3ccc([N+](=O)[O-])cc3)=NO[C@@H]2C(=O)N1c1cccc(F)c1. The van der Waals surface area contributed by atoms with Gasteiger partial charge >= 0.3 is 0 Å². The van der Waals surface area contributed by atoms with Crippen LogP contribution >= 0.6 is 0 Å². The minimum atomic E-state index is -1.13. The Hall–Kier alpha value is -3.62. The Bertz CT molecular complexity index is 973. The summed E-state index contributed by atoms with van der Waals surface area (Å²) in [7, 11) is 0. The maximum atomic E-state index is 13.5. The lowest BCUT2D eigenvalue weighted by molar-refractivity contribution is -0.384. The molecule has 2 aromatic carbocycles. The number of hydrogen-bond acceptors (Lipinski definition) is 6. The molecule has 1 saturated heterocycles. The second-order valence-corrected chi connectivity index (χ2v) is 5.78. The van der Waals surface area contributed by atoms with Gasteiger partial charge < -0.3 is 4.84 Å². The lowest BCUT2D eigenvalue weighted by Gasteiger charge is -2.15. The van der Waals surface area contributed by atoms with Gasteiger partial charge in [-0.1, -0.05) is 11.2 Å². The molecule has 2 aliphatic heterocycles. The van der Waals surface area contributed by atoms with Crippen LogP contribution in [0.1, 0.15) is 5.56 Å². The van der Waals surface area contributed by atoms with Crippen LogP contribution in [0.25, 0.3) is 0 Å². The van der Waals surface area contributed by atoms with Gasteiger partial charge in [-0.3, -0.25) is 19.7 Å². The summed E-state index contributed by atoms with van der Waals surface area (Å²) in [6, 6.07) is 10.5. The topological polar surface area (TPSA) is 102 Å². The van der Waals surface area contributed by atoms with Crippen LogP contribution < -0.4 is 4.90 Å².